The number of alkyl halides is 1. The monoisotopic (exact) mass is 288 g/mol. The van der Waals surface area contributed by atoms with Crippen LogP contribution in [0.2, 0.25) is 0 Å². The van der Waals surface area contributed by atoms with E-state index in [0.29, 0.717) is 18.9 Å². The Morgan fingerprint density at radius 1 is 1.47 bits per heavy atom. The summed E-state index contributed by atoms with van der Waals surface area (Å²) < 4.78 is 10.3. The van der Waals surface area contributed by atoms with Gasteiger partial charge in [-0.05, 0) is 6.42 Å². The molecule has 2 N–H and O–H groups in total. The zero-order valence-electron chi connectivity index (χ0n) is 10.2. The van der Waals surface area contributed by atoms with E-state index in [0.717, 1.165) is 6.07 Å². The minimum atomic E-state index is -0.906. The van der Waals surface area contributed by atoms with Gasteiger partial charge in [0.2, 0.25) is 0 Å². The summed E-state index contributed by atoms with van der Waals surface area (Å²) in [6.45, 7) is 0.301. The van der Waals surface area contributed by atoms with E-state index in [1.54, 1.807) is 0 Å². The molecule has 0 fully saturated rings. The number of ether oxygens (including phenoxy) is 2. The number of hydrogen-bond acceptors (Lipinski definition) is 5. The molecule has 0 aliphatic rings. The van der Waals surface area contributed by atoms with E-state index < -0.39 is 16.5 Å². The van der Waals surface area contributed by atoms with Crippen molar-refractivity contribution < 1.29 is 19.2 Å². The summed E-state index contributed by atoms with van der Waals surface area (Å²) in [5, 5.41) is 10.8. The summed E-state index contributed by atoms with van der Waals surface area (Å²) in [5.41, 5.74) is 4.45. The Balaban J connectivity index is 3.19. The van der Waals surface area contributed by atoms with E-state index in [1.807, 2.05) is 0 Å². The number of benzene rings is 1. The Morgan fingerprint density at radius 3 is 2.63 bits per heavy atom. The largest absolute Gasteiger partial charge is 0.493 e. The number of nitrogens with zero attached hydrogens (tertiary/aromatic N) is 1. The number of halogens is 1. The Morgan fingerprint density at radius 2 is 2.16 bits per heavy atom. The third-order valence-corrected chi connectivity index (χ3v) is 2.55. The number of nitrogens with two attached hydrogens (primary N) is 1. The molecule has 1 rings (SSSR count). The van der Waals surface area contributed by atoms with Crippen LogP contribution in [0.1, 0.15) is 16.8 Å². The van der Waals surface area contributed by atoms with Crippen LogP contribution in [-0.4, -0.2) is 30.4 Å². The van der Waals surface area contributed by atoms with Crippen molar-refractivity contribution >= 4 is 23.2 Å². The zero-order chi connectivity index (χ0) is 14.4. The molecule has 0 aromatic heterocycles. The third kappa shape index (κ3) is 3.72. The average molecular weight is 289 g/mol. The highest BCUT2D eigenvalue weighted by atomic mass is 35.5. The van der Waals surface area contributed by atoms with E-state index in [2.05, 4.69) is 0 Å². The van der Waals surface area contributed by atoms with Gasteiger partial charge in [-0.15, -0.1) is 11.6 Å². The van der Waals surface area contributed by atoms with Gasteiger partial charge in [-0.2, -0.15) is 0 Å². The van der Waals surface area contributed by atoms with E-state index in [9.17, 15) is 14.9 Å². The molecule has 0 heterocycles. The lowest BCUT2D eigenvalue weighted by molar-refractivity contribution is -0.385. The van der Waals surface area contributed by atoms with Gasteiger partial charge in [-0.1, -0.05) is 0 Å². The van der Waals surface area contributed by atoms with Crippen LogP contribution < -0.4 is 15.2 Å². The van der Waals surface area contributed by atoms with Crippen molar-refractivity contribution in [3.8, 4) is 11.5 Å². The molecule has 19 heavy (non-hydrogen) atoms. The second-order valence-corrected chi connectivity index (χ2v) is 3.91. The fourth-order valence-electron chi connectivity index (χ4n) is 1.41. The topological polar surface area (TPSA) is 105 Å². The Kier molecular flexibility index (Phi) is 5.37. The molecule has 1 aromatic rings. The molecule has 0 saturated carbocycles. The number of primary amides is 1. The van der Waals surface area contributed by atoms with Gasteiger partial charge in [0.1, 0.15) is 5.56 Å². The number of amides is 1. The van der Waals surface area contributed by atoms with Gasteiger partial charge in [-0.25, -0.2) is 0 Å². The van der Waals surface area contributed by atoms with E-state index in [4.69, 9.17) is 26.8 Å². The lowest BCUT2D eigenvalue weighted by Gasteiger charge is -2.11. The second kappa shape index (κ2) is 6.79. The second-order valence-electron chi connectivity index (χ2n) is 3.53. The maximum atomic E-state index is 11.2. The highest BCUT2D eigenvalue weighted by Gasteiger charge is 2.23. The van der Waals surface area contributed by atoms with Crippen LogP contribution in [0.15, 0.2) is 12.1 Å². The summed E-state index contributed by atoms with van der Waals surface area (Å²) in [6, 6.07) is 2.31. The van der Waals surface area contributed by atoms with Crippen molar-refractivity contribution in [2.24, 2.45) is 5.73 Å². The van der Waals surface area contributed by atoms with Crippen molar-refractivity contribution in [1.82, 2.24) is 0 Å². The zero-order valence-corrected chi connectivity index (χ0v) is 11.0. The van der Waals surface area contributed by atoms with Gasteiger partial charge in [0.15, 0.2) is 11.5 Å². The van der Waals surface area contributed by atoms with Crippen LogP contribution in [0, 0.1) is 10.1 Å². The smallest absolute Gasteiger partial charge is 0.286 e. The SMILES string of the molecule is COc1cc([N+](=O)[O-])c(C(N)=O)cc1OCCCCl. The van der Waals surface area contributed by atoms with Gasteiger partial charge in [0.25, 0.3) is 11.6 Å². The first-order valence-electron chi connectivity index (χ1n) is 5.36. The molecule has 0 radical (unpaired) electrons. The van der Waals surface area contributed by atoms with Crippen molar-refractivity contribution in [2.75, 3.05) is 19.6 Å². The molecule has 0 atom stereocenters. The molecular weight excluding hydrogens is 276 g/mol. The predicted molar refractivity (Wildman–Crippen MR) is 69.0 cm³/mol. The summed E-state index contributed by atoms with van der Waals surface area (Å²) in [7, 11) is 1.34. The first kappa shape index (κ1) is 15.0. The van der Waals surface area contributed by atoms with Crippen molar-refractivity contribution in [2.45, 2.75) is 6.42 Å². The molecule has 104 valence electrons. The normalized spacial score (nSPS) is 10.0. The highest BCUT2D eigenvalue weighted by Crippen LogP contribution is 2.34. The lowest BCUT2D eigenvalue weighted by Crippen LogP contribution is -2.14. The molecule has 0 saturated heterocycles. The fraction of sp³-hybridized carbons (Fsp3) is 0.364. The van der Waals surface area contributed by atoms with Gasteiger partial charge < -0.3 is 15.2 Å². The molecule has 0 bridgehead atoms. The van der Waals surface area contributed by atoms with Crippen LogP contribution in [0.25, 0.3) is 0 Å². The molecular formula is C11H13ClN2O5. The number of methoxy groups -OCH3 is 1. The number of carbonyl (C=O) groups is 1. The molecule has 8 heteroatoms. The van der Waals surface area contributed by atoms with Crippen molar-refractivity contribution in [1.29, 1.82) is 0 Å². The maximum absolute atomic E-state index is 11.2. The minimum absolute atomic E-state index is 0.159. The molecule has 1 aromatic carbocycles. The van der Waals surface area contributed by atoms with Crippen molar-refractivity contribution in [3.05, 3.63) is 27.8 Å². The standard InChI is InChI=1S/C11H13ClN2O5/c1-18-9-6-8(14(16)17)7(11(13)15)5-10(9)19-4-2-3-12/h5-6H,2-4H2,1H3,(H2,13,15). The van der Waals surface area contributed by atoms with Crippen LogP contribution >= 0.6 is 11.6 Å². The number of carbonyl (C=O) groups excluding carboxylic acids is 1. The summed E-state index contributed by atoms with van der Waals surface area (Å²) in [5.74, 6) is -0.118. The van der Waals surface area contributed by atoms with Gasteiger partial charge in [-0.3, -0.25) is 14.9 Å². The number of hydrogen-bond donors (Lipinski definition) is 1. The maximum Gasteiger partial charge on any atom is 0.286 e. The molecule has 1 amide bonds. The molecule has 7 nitrogen and oxygen atoms in total. The first-order chi connectivity index (χ1) is 9.01. The minimum Gasteiger partial charge on any atom is -0.493 e. The summed E-state index contributed by atoms with van der Waals surface area (Å²) in [4.78, 5) is 21.4. The Labute approximate surface area is 114 Å². The Hall–Kier alpha value is -2.02. The lowest BCUT2D eigenvalue weighted by atomic mass is 10.1. The van der Waals surface area contributed by atoms with E-state index >= 15 is 0 Å². The van der Waals surface area contributed by atoms with Crippen LogP contribution in [0.3, 0.4) is 0 Å². The Bertz CT molecular complexity index is 492. The van der Waals surface area contributed by atoms with Crippen LogP contribution in [0.4, 0.5) is 5.69 Å². The first-order valence-corrected chi connectivity index (χ1v) is 5.89. The number of rotatable bonds is 7. The van der Waals surface area contributed by atoms with Crippen molar-refractivity contribution in [3.63, 3.8) is 0 Å². The highest BCUT2D eigenvalue weighted by molar-refractivity contribution is 6.17. The summed E-state index contributed by atoms with van der Waals surface area (Å²) in [6.07, 6.45) is 0.591. The van der Waals surface area contributed by atoms with E-state index in [1.165, 1.54) is 13.2 Å². The fourth-order valence-corrected chi connectivity index (χ4v) is 1.52. The summed E-state index contributed by atoms with van der Waals surface area (Å²) >= 11 is 5.52. The molecule has 0 aliphatic carbocycles. The third-order valence-electron chi connectivity index (χ3n) is 2.28. The van der Waals surface area contributed by atoms with Gasteiger partial charge >= 0.3 is 0 Å². The average Bonchev–Trinajstić information content (AvgIpc) is 2.38. The van der Waals surface area contributed by atoms with Crippen LogP contribution in [-0.2, 0) is 0 Å². The predicted octanol–water partition coefficient (Wildman–Crippen LogP) is 1.71. The van der Waals surface area contributed by atoms with Gasteiger partial charge in [0, 0.05) is 11.9 Å². The quantitative estimate of drug-likeness (QED) is 0.356. The van der Waals surface area contributed by atoms with E-state index in [-0.39, 0.29) is 17.1 Å². The number of nitro benzene ring substituents is 1. The molecule has 0 unspecified atom stereocenters. The molecule has 0 aliphatic heterocycles. The molecule has 0 spiro atoms. The number of nitro groups is 1. The van der Waals surface area contributed by atoms with Gasteiger partial charge in [0.05, 0.1) is 24.7 Å². The van der Waals surface area contributed by atoms with Crippen LogP contribution in [0.5, 0.6) is 11.5 Å².